The summed E-state index contributed by atoms with van der Waals surface area (Å²) in [5, 5.41) is 7.47. The molecule has 0 atom stereocenters. The number of nitrogens with one attached hydrogen (secondary N) is 1. The van der Waals surface area contributed by atoms with Crippen LogP contribution in [0.2, 0.25) is 0 Å². The van der Waals surface area contributed by atoms with Gasteiger partial charge in [0.25, 0.3) is 0 Å². The Kier molecular flexibility index (Phi) is 5.07. The highest BCUT2D eigenvalue weighted by molar-refractivity contribution is 7.97. The number of nitrogens with two attached hydrogens (primary N) is 1. The van der Waals surface area contributed by atoms with Crippen LogP contribution in [0.4, 0.5) is 0 Å². The first kappa shape index (κ1) is 15.6. The Balaban J connectivity index is 1.98. The van der Waals surface area contributed by atoms with E-state index < -0.39 is 0 Å². The van der Waals surface area contributed by atoms with Crippen LogP contribution in [0.3, 0.4) is 0 Å². The van der Waals surface area contributed by atoms with Gasteiger partial charge in [0.15, 0.2) is 0 Å². The van der Waals surface area contributed by atoms with Crippen molar-refractivity contribution >= 4 is 17.6 Å². The molecule has 2 nitrogen and oxygen atoms in total. The number of benzene rings is 2. The van der Waals surface area contributed by atoms with Crippen LogP contribution in [0, 0.1) is 26.2 Å². The highest BCUT2D eigenvalue weighted by Gasteiger charge is 2.03. The third-order valence-corrected chi connectivity index (χ3v) is 4.51. The molecule has 0 aromatic heterocycles. The molecule has 0 unspecified atom stereocenters. The highest BCUT2D eigenvalue weighted by Crippen LogP contribution is 2.22. The molecule has 21 heavy (non-hydrogen) atoms. The third-order valence-electron chi connectivity index (χ3n) is 3.46. The van der Waals surface area contributed by atoms with Gasteiger partial charge in [0, 0.05) is 17.1 Å². The summed E-state index contributed by atoms with van der Waals surface area (Å²) >= 11 is 1.92. The molecule has 110 valence electrons. The molecule has 3 heteroatoms. The summed E-state index contributed by atoms with van der Waals surface area (Å²) in [6, 6.07) is 12.7. The average Bonchev–Trinajstić information content (AvgIpc) is 2.39. The van der Waals surface area contributed by atoms with E-state index in [0.717, 1.165) is 17.1 Å². The van der Waals surface area contributed by atoms with Gasteiger partial charge in [-0.3, -0.25) is 5.41 Å². The minimum atomic E-state index is 0.132. The van der Waals surface area contributed by atoms with Crippen molar-refractivity contribution in [2.45, 2.75) is 32.3 Å². The molecule has 2 aromatic carbocycles. The molecule has 0 saturated carbocycles. The second-order valence-corrected chi connectivity index (χ2v) is 6.53. The summed E-state index contributed by atoms with van der Waals surface area (Å²) in [5.74, 6) is 2.14. The van der Waals surface area contributed by atoms with Crippen LogP contribution in [0.15, 0.2) is 36.4 Å². The lowest BCUT2D eigenvalue weighted by atomic mass is 10.1. The predicted octanol–water partition coefficient (Wildman–Crippen LogP) is 4.33. The van der Waals surface area contributed by atoms with Crippen molar-refractivity contribution in [3.05, 3.63) is 69.8 Å². The first-order valence-corrected chi connectivity index (χ1v) is 8.20. The normalized spacial score (nSPS) is 10.6. The zero-order valence-corrected chi connectivity index (χ0v) is 13.7. The van der Waals surface area contributed by atoms with Gasteiger partial charge in [-0.25, -0.2) is 0 Å². The summed E-state index contributed by atoms with van der Waals surface area (Å²) in [6.45, 7) is 6.37. The Morgan fingerprint density at radius 3 is 2.24 bits per heavy atom. The van der Waals surface area contributed by atoms with Crippen LogP contribution in [-0.4, -0.2) is 5.84 Å². The number of rotatable bonds is 5. The molecule has 0 aliphatic heterocycles. The van der Waals surface area contributed by atoms with Crippen LogP contribution >= 0.6 is 11.8 Å². The van der Waals surface area contributed by atoms with E-state index in [4.69, 9.17) is 11.1 Å². The monoisotopic (exact) mass is 298 g/mol. The molecule has 0 aliphatic carbocycles. The lowest BCUT2D eigenvalue weighted by Crippen LogP contribution is -2.11. The molecule has 0 fully saturated rings. The summed E-state index contributed by atoms with van der Waals surface area (Å²) in [4.78, 5) is 0. The maximum atomic E-state index is 7.47. The maximum Gasteiger partial charge on any atom is 0.122 e. The van der Waals surface area contributed by atoms with Crippen molar-refractivity contribution in [3.63, 3.8) is 0 Å². The van der Waals surface area contributed by atoms with Crippen molar-refractivity contribution in [1.82, 2.24) is 0 Å². The van der Waals surface area contributed by atoms with Crippen molar-refractivity contribution in [1.29, 1.82) is 5.41 Å². The molecule has 3 N–H and O–H groups in total. The third kappa shape index (κ3) is 4.36. The van der Waals surface area contributed by atoms with Gasteiger partial charge in [0.1, 0.15) is 5.84 Å². The Morgan fingerprint density at radius 2 is 1.67 bits per heavy atom. The summed E-state index contributed by atoms with van der Waals surface area (Å²) < 4.78 is 0. The molecule has 0 heterocycles. The Bertz CT molecular complexity index is 642. The Hall–Kier alpha value is -1.74. The first-order chi connectivity index (χ1) is 9.95. The van der Waals surface area contributed by atoms with Gasteiger partial charge in [0.2, 0.25) is 0 Å². The minimum absolute atomic E-state index is 0.132. The Morgan fingerprint density at radius 1 is 1.00 bits per heavy atom. The van der Waals surface area contributed by atoms with E-state index >= 15 is 0 Å². The van der Waals surface area contributed by atoms with Crippen molar-refractivity contribution in [2.24, 2.45) is 5.73 Å². The summed E-state index contributed by atoms with van der Waals surface area (Å²) in [6.07, 6.45) is 0. The van der Waals surface area contributed by atoms with Crippen LogP contribution < -0.4 is 5.73 Å². The van der Waals surface area contributed by atoms with Crippen LogP contribution in [-0.2, 0) is 11.5 Å². The fraction of sp³-hybridized carbons (Fsp3) is 0.278. The molecular weight excluding hydrogens is 276 g/mol. The van der Waals surface area contributed by atoms with Gasteiger partial charge < -0.3 is 5.73 Å². The number of hydrogen-bond donors (Lipinski definition) is 2. The predicted molar refractivity (Wildman–Crippen MR) is 93.1 cm³/mol. The number of amidine groups is 1. The van der Waals surface area contributed by atoms with E-state index in [1.165, 1.54) is 27.8 Å². The van der Waals surface area contributed by atoms with Crippen molar-refractivity contribution < 1.29 is 0 Å². The molecule has 0 aliphatic rings. The standard InChI is InChI=1S/C18H22N2S/c1-12-6-13(2)8-15(7-12)10-21-11-17-5-4-16(18(19)20)9-14(17)3/h4-9H,10-11H2,1-3H3,(H3,19,20). The fourth-order valence-electron chi connectivity index (χ4n) is 2.46. The molecule has 0 spiro atoms. The number of hydrogen-bond acceptors (Lipinski definition) is 2. The smallest absolute Gasteiger partial charge is 0.122 e. The highest BCUT2D eigenvalue weighted by atomic mass is 32.2. The van der Waals surface area contributed by atoms with Crippen LogP contribution in [0.5, 0.6) is 0 Å². The van der Waals surface area contributed by atoms with Gasteiger partial charge in [0.05, 0.1) is 0 Å². The van der Waals surface area contributed by atoms with Gasteiger partial charge in [-0.15, -0.1) is 0 Å². The second-order valence-electron chi connectivity index (χ2n) is 5.54. The summed E-state index contributed by atoms with van der Waals surface area (Å²) in [5.41, 5.74) is 12.9. The van der Waals surface area contributed by atoms with Crippen LogP contribution in [0.25, 0.3) is 0 Å². The van der Waals surface area contributed by atoms with Crippen molar-refractivity contribution in [3.8, 4) is 0 Å². The van der Waals surface area contributed by atoms with Gasteiger partial charge in [-0.1, -0.05) is 41.5 Å². The van der Waals surface area contributed by atoms with Gasteiger partial charge in [-0.05, 0) is 43.5 Å². The zero-order valence-electron chi connectivity index (χ0n) is 12.9. The van der Waals surface area contributed by atoms with E-state index in [1.807, 2.05) is 23.9 Å². The fourth-order valence-corrected chi connectivity index (χ4v) is 3.50. The zero-order chi connectivity index (χ0) is 15.4. The molecule has 0 saturated heterocycles. The molecule has 0 bridgehead atoms. The largest absolute Gasteiger partial charge is 0.384 e. The van der Waals surface area contributed by atoms with Crippen LogP contribution in [0.1, 0.15) is 33.4 Å². The second kappa shape index (κ2) is 6.81. The molecule has 0 amide bonds. The molecular formula is C18H22N2S. The summed E-state index contributed by atoms with van der Waals surface area (Å²) in [7, 11) is 0. The average molecular weight is 298 g/mol. The van der Waals surface area contributed by atoms with Crippen molar-refractivity contribution in [2.75, 3.05) is 0 Å². The van der Waals surface area contributed by atoms with E-state index in [0.29, 0.717) is 0 Å². The lowest BCUT2D eigenvalue weighted by molar-refractivity contribution is 1.27. The minimum Gasteiger partial charge on any atom is -0.384 e. The quantitative estimate of drug-likeness (QED) is 0.637. The first-order valence-electron chi connectivity index (χ1n) is 7.04. The molecule has 0 radical (unpaired) electrons. The number of nitrogen functional groups attached to an aromatic ring is 1. The molecule has 2 aromatic rings. The Labute approximate surface area is 131 Å². The lowest BCUT2D eigenvalue weighted by Gasteiger charge is -2.09. The number of thioether (sulfide) groups is 1. The van der Waals surface area contributed by atoms with Gasteiger partial charge in [-0.2, -0.15) is 11.8 Å². The van der Waals surface area contributed by atoms with Gasteiger partial charge >= 0.3 is 0 Å². The number of aryl methyl sites for hydroxylation is 3. The molecule has 2 rings (SSSR count). The van der Waals surface area contributed by atoms with E-state index in [-0.39, 0.29) is 5.84 Å². The van der Waals surface area contributed by atoms with E-state index in [2.05, 4.69) is 45.0 Å². The topological polar surface area (TPSA) is 49.9 Å². The van der Waals surface area contributed by atoms with E-state index in [1.54, 1.807) is 0 Å². The maximum absolute atomic E-state index is 7.47. The van der Waals surface area contributed by atoms with E-state index in [9.17, 15) is 0 Å². The SMILES string of the molecule is Cc1cc(C)cc(CSCc2ccc(C(=N)N)cc2C)c1.